The van der Waals surface area contributed by atoms with Crippen molar-refractivity contribution in [2.75, 3.05) is 19.8 Å². The summed E-state index contributed by atoms with van der Waals surface area (Å²) in [4.78, 5) is 32.8. The number of halogens is 3. The minimum atomic E-state index is -1.04. The number of nitrogens with zero attached hydrogens (tertiary/aromatic N) is 4. The number of benzene rings is 2. The number of aromatic nitrogens is 3. The van der Waals surface area contributed by atoms with Crippen LogP contribution in [0.5, 0.6) is 0 Å². The van der Waals surface area contributed by atoms with Crippen LogP contribution in [-0.2, 0) is 7.05 Å². The van der Waals surface area contributed by atoms with Gasteiger partial charge in [-0.2, -0.15) is 0 Å². The van der Waals surface area contributed by atoms with Crippen LogP contribution in [0, 0.1) is 25.5 Å². The van der Waals surface area contributed by atoms with E-state index in [0.717, 1.165) is 29.0 Å². The van der Waals surface area contributed by atoms with Gasteiger partial charge in [0.25, 0.3) is 5.91 Å². The third kappa shape index (κ3) is 3.73. The van der Waals surface area contributed by atoms with E-state index in [9.17, 15) is 18.4 Å². The molecule has 0 saturated carbocycles. The summed E-state index contributed by atoms with van der Waals surface area (Å²) in [7, 11) is 5.10. The number of carbonyl (C=O) groups excluding carboxylic acids is 2. The molecule has 2 aromatic carbocycles. The Morgan fingerprint density at radius 3 is 2.37 bits per heavy atom. The van der Waals surface area contributed by atoms with Gasteiger partial charge in [-0.15, -0.1) is 0 Å². The molecule has 2 N–H and O–H groups in total. The second-order valence-corrected chi connectivity index (χ2v) is 9.81. The van der Waals surface area contributed by atoms with Crippen molar-refractivity contribution in [2.24, 2.45) is 7.05 Å². The van der Waals surface area contributed by atoms with Gasteiger partial charge in [0.15, 0.2) is 0 Å². The maximum atomic E-state index is 14.2. The van der Waals surface area contributed by atoms with Crippen molar-refractivity contribution in [1.82, 2.24) is 18.9 Å². The zero-order valence-electron chi connectivity index (χ0n) is 21.4. The maximum Gasteiger partial charge on any atom is 0.255 e. The monoisotopic (exact) mass is 535 g/mol. The Morgan fingerprint density at radius 1 is 1.08 bits per heavy atom. The molecule has 3 heterocycles. The number of hydrogen-bond donors (Lipinski definition) is 1. The number of pyridine rings is 1. The van der Waals surface area contributed by atoms with Gasteiger partial charge in [-0.1, -0.05) is 17.7 Å². The number of nitrogen functional groups attached to an aromatic ring is 1. The Hall–Kier alpha value is -4.24. The van der Waals surface area contributed by atoms with Crippen molar-refractivity contribution in [3.63, 3.8) is 0 Å². The van der Waals surface area contributed by atoms with Crippen LogP contribution in [0.1, 0.15) is 37.8 Å². The minimum Gasteiger partial charge on any atom is -0.394 e. The number of anilines is 1. The smallest absolute Gasteiger partial charge is 0.255 e. The molecule has 38 heavy (non-hydrogen) atoms. The number of amides is 1. The van der Waals surface area contributed by atoms with Crippen LogP contribution in [0.3, 0.4) is 0 Å². The first-order chi connectivity index (χ1) is 17.9. The number of hydrogen-bond acceptors (Lipinski definition) is 4. The largest absolute Gasteiger partial charge is 0.394 e. The van der Waals surface area contributed by atoms with Gasteiger partial charge in [-0.25, -0.2) is 13.8 Å². The number of imidazole rings is 1. The summed E-state index contributed by atoms with van der Waals surface area (Å²) in [6.07, 6.45) is 1.62. The zero-order valence-corrected chi connectivity index (χ0v) is 22.1. The molecular formula is C28H24ClF2N5O2. The van der Waals surface area contributed by atoms with Gasteiger partial charge < -0.3 is 19.6 Å². The molecule has 3 aromatic heterocycles. The number of fused-ring (bicyclic) bond motifs is 2. The van der Waals surface area contributed by atoms with Gasteiger partial charge in [0.2, 0.25) is 5.78 Å². The summed E-state index contributed by atoms with van der Waals surface area (Å²) in [6, 6.07) is 8.71. The molecule has 0 aliphatic heterocycles. The summed E-state index contributed by atoms with van der Waals surface area (Å²) in [6.45, 7) is 3.79. The van der Waals surface area contributed by atoms with Crippen LogP contribution in [0.15, 0.2) is 42.6 Å². The first-order valence-electron chi connectivity index (χ1n) is 11.7. The molecule has 7 nitrogen and oxygen atoms in total. The topological polar surface area (TPSA) is 85.6 Å². The maximum absolute atomic E-state index is 14.2. The van der Waals surface area contributed by atoms with Crippen LogP contribution < -0.4 is 5.73 Å². The lowest BCUT2D eigenvalue weighted by atomic mass is 9.97. The van der Waals surface area contributed by atoms with Gasteiger partial charge in [0.1, 0.15) is 28.7 Å². The molecule has 0 spiro atoms. The lowest BCUT2D eigenvalue weighted by molar-refractivity contribution is 0.0829. The van der Waals surface area contributed by atoms with Gasteiger partial charge in [0.05, 0.1) is 27.3 Å². The molecule has 0 aliphatic carbocycles. The van der Waals surface area contributed by atoms with Crippen molar-refractivity contribution < 1.29 is 18.4 Å². The summed E-state index contributed by atoms with van der Waals surface area (Å²) >= 11 is 6.93. The molecule has 0 aliphatic rings. The third-order valence-electron chi connectivity index (χ3n) is 6.81. The fraction of sp³-hybridized carbons (Fsp3) is 0.179. The fourth-order valence-corrected chi connectivity index (χ4v) is 5.15. The highest BCUT2D eigenvalue weighted by Crippen LogP contribution is 2.40. The molecular weight excluding hydrogens is 512 g/mol. The normalized spacial score (nSPS) is 11.5. The van der Waals surface area contributed by atoms with Crippen molar-refractivity contribution in [3.05, 3.63) is 87.5 Å². The highest BCUT2D eigenvalue weighted by Gasteiger charge is 2.27. The average Bonchev–Trinajstić information content (AvgIpc) is 3.40. The van der Waals surface area contributed by atoms with Crippen LogP contribution >= 0.6 is 11.6 Å². The summed E-state index contributed by atoms with van der Waals surface area (Å²) in [5.74, 6) is -2.32. The van der Waals surface area contributed by atoms with Gasteiger partial charge in [0, 0.05) is 44.0 Å². The lowest BCUT2D eigenvalue weighted by Gasteiger charge is -2.15. The van der Waals surface area contributed by atoms with Gasteiger partial charge >= 0.3 is 0 Å². The number of carbonyl (C=O) groups is 2. The van der Waals surface area contributed by atoms with E-state index in [2.05, 4.69) is 4.98 Å². The number of rotatable bonds is 4. The van der Waals surface area contributed by atoms with E-state index in [0.29, 0.717) is 27.2 Å². The van der Waals surface area contributed by atoms with Crippen molar-refractivity contribution in [2.45, 2.75) is 13.8 Å². The highest BCUT2D eigenvalue weighted by molar-refractivity contribution is 6.38. The Labute approximate surface area is 222 Å². The number of ketones is 1. The second-order valence-electron chi connectivity index (χ2n) is 9.43. The lowest BCUT2D eigenvalue weighted by Crippen LogP contribution is -2.21. The number of aryl methyl sites for hydroxylation is 3. The van der Waals surface area contributed by atoms with E-state index >= 15 is 0 Å². The molecule has 0 atom stereocenters. The van der Waals surface area contributed by atoms with E-state index < -0.39 is 23.1 Å². The molecule has 5 aromatic rings. The van der Waals surface area contributed by atoms with Crippen molar-refractivity contribution in [3.8, 4) is 11.1 Å². The first kappa shape index (κ1) is 25.4. The van der Waals surface area contributed by atoms with Crippen LogP contribution in [-0.4, -0.2) is 44.6 Å². The molecule has 0 unspecified atom stereocenters. The van der Waals surface area contributed by atoms with Crippen molar-refractivity contribution in [1.29, 1.82) is 0 Å². The molecule has 1 amide bonds. The van der Waals surface area contributed by atoms with E-state index in [-0.39, 0.29) is 22.7 Å². The predicted octanol–water partition coefficient (Wildman–Crippen LogP) is 5.56. The van der Waals surface area contributed by atoms with E-state index in [1.807, 2.05) is 37.6 Å². The quantitative estimate of drug-likeness (QED) is 0.241. The summed E-state index contributed by atoms with van der Waals surface area (Å²) < 4.78 is 31.9. The van der Waals surface area contributed by atoms with Crippen molar-refractivity contribution >= 4 is 45.5 Å². The predicted molar refractivity (Wildman–Crippen MR) is 144 cm³/mol. The van der Waals surface area contributed by atoms with Gasteiger partial charge in [-0.05, 0) is 49.7 Å². The third-order valence-corrected chi connectivity index (χ3v) is 7.18. The van der Waals surface area contributed by atoms with Crippen LogP contribution in [0.4, 0.5) is 14.5 Å². The molecule has 10 heteroatoms. The SMILES string of the molecule is Cc1cc2c(nc(C)n2C)c(Cl)c1-c1cccn2c(C(=O)c3cc(F)c(N)c(F)c3)cc(C(=O)N(C)C)c12. The van der Waals surface area contributed by atoms with E-state index in [1.165, 1.54) is 11.0 Å². The Morgan fingerprint density at radius 2 is 1.74 bits per heavy atom. The molecule has 194 valence electrons. The summed E-state index contributed by atoms with van der Waals surface area (Å²) in [5, 5.41) is 0.414. The highest BCUT2D eigenvalue weighted by atomic mass is 35.5. The van der Waals surface area contributed by atoms with Crippen LogP contribution in [0.25, 0.3) is 27.7 Å². The number of nitrogens with two attached hydrogens (primary N) is 1. The average molecular weight is 536 g/mol. The molecule has 0 saturated heterocycles. The molecule has 5 rings (SSSR count). The summed E-state index contributed by atoms with van der Waals surface area (Å²) in [5.41, 5.74) is 8.81. The molecule has 0 fully saturated rings. The fourth-order valence-electron chi connectivity index (χ4n) is 4.76. The zero-order chi connectivity index (χ0) is 27.6. The van der Waals surface area contributed by atoms with Crippen LogP contribution in [0.2, 0.25) is 5.02 Å². The first-order valence-corrected chi connectivity index (χ1v) is 12.1. The standard InChI is InChI=1S/C28H24ClF2N5O2/c1-13-9-20-25(33-14(2)35(20)5)23(29)22(13)16-7-6-8-36-21(12-17(26(16)36)28(38)34(3)4)27(37)15-10-18(30)24(32)19(31)11-15/h6-12H,32H2,1-5H3. The molecule has 0 bridgehead atoms. The Kier molecular flexibility index (Phi) is 5.99. The van der Waals surface area contributed by atoms with E-state index in [4.69, 9.17) is 17.3 Å². The molecule has 0 radical (unpaired) electrons. The second kappa shape index (κ2) is 8.95. The van der Waals surface area contributed by atoms with Gasteiger partial charge in [-0.3, -0.25) is 9.59 Å². The Bertz CT molecular complexity index is 1800. The Balaban J connectivity index is 1.83. The minimum absolute atomic E-state index is 0.0548. The van der Waals surface area contributed by atoms with E-state index in [1.54, 1.807) is 30.8 Å².